The van der Waals surface area contributed by atoms with Crippen molar-refractivity contribution in [1.82, 2.24) is 9.97 Å². The van der Waals surface area contributed by atoms with Crippen molar-refractivity contribution >= 4 is 11.8 Å². The molecule has 88 valence electrons. The summed E-state index contributed by atoms with van der Waals surface area (Å²) in [6.45, 7) is 3.36. The molecule has 0 fully saturated rings. The van der Waals surface area contributed by atoms with E-state index in [4.69, 9.17) is 9.84 Å². The highest BCUT2D eigenvalue weighted by Crippen LogP contribution is 2.27. The van der Waals surface area contributed by atoms with E-state index in [0.717, 1.165) is 0 Å². The highest BCUT2D eigenvalue weighted by atomic mass is 16.5. The lowest BCUT2D eigenvalue weighted by Gasteiger charge is -2.24. The van der Waals surface area contributed by atoms with Gasteiger partial charge in [-0.1, -0.05) is 0 Å². The Bertz CT molecular complexity index is 395. The molecule has 0 saturated heterocycles. The molecule has 0 bridgehead atoms. The van der Waals surface area contributed by atoms with E-state index < -0.39 is 12.0 Å². The lowest BCUT2D eigenvalue weighted by atomic mass is 10.3. The van der Waals surface area contributed by atoms with Crippen LogP contribution in [0, 0.1) is 6.92 Å². The third-order valence-corrected chi connectivity index (χ3v) is 2.44. The Morgan fingerprint density at radius 2 is 2.19 bits per heavy atom. The van der Waals surface area contributed by atoms with Gasteiger partial charge < -0.3 is 14.7 Å². The van der Waals surface area contributed by atoms with Crippen molar-refractivity contribution in [3.05, 3.63) is 12.0 Å². The number of aryl methyl sites for hydroxylation is 1. The maximum absolute atomic E-state index is 10.9. The van der Waals surface area contributed by atoms with E-state index in [2.05, 4.69) is 9.97 Å². The van der Waals surface area contributed by atoms with Crippen molar-refractivity contribution < 1.29 is 14.6 Å². The topological polar surface area (TPSA) is 75.6 Å². The highest BCUT2D eigenvalue weighted by molar-refractivity contribution is 5.77. The molecular weight excluding hydrogens is 210 g/mol. The van der Waals surface area contributed by atoms with Crippen LogP contribution in [0.1, 0.15) is 12.6 Å². The normalized spacial score (nSPS) is 12.0. The molecule has 1 heterocycles. The minimum Gasteiger partial charge on any atom is -0.491 e. The van der Waals surface area contributed by atoms with Crippen molar-refractivity contribution in [2.45, 2.75) is 19.9 Å². The smallest absolute Gasteiger partial charge is 0.326 e. The molecule has 0 amide bonds. The first-order valence-corrected chi connectivity index (χ1v) is 4.80. The zero-order valence-electron chi connectivity index (χ0n) is 9.76. The number of rotatable bonds is 4. The molecule has 1 N–H and O–H groups in total. The van der Waals surface area contributed by atoms with Gasteiger partial charge in [0.15, 0.2) is 11.6 Å². The van der Waals surface area contributed by atoms with Crippen LogP contribution < -0.4 is 9.64 Å². The number of aliphatic carboxylic acids is 1. The molecule has 1 atom stereocenters. The van der Waals surface area contributed by atoms with E-state index in [1.54, 1.807) is 20.9 Å². The fourth-order valence-electron chi connectivity index (χ4n) is 1.29. The maximum Gasteiger partial charge on any atom is 0.326 e. The van der Waals surface area contributed by atoms with Crippen molar-refractivity contribution in [1.29, 1.82) is 0 Å². The van der Waals surface area contributed by atoms with Crippen LogP contribution in [0.25, 0.3) is 0 Å². The van der Waals surface area contributed by atoms with Crippen LogP contribution in [0.4, 0.5) is 5.82 Å². The summed E-state index contributed by atoms with van der Waals surface area (Å²) in [5, 5.41) is 8.92. The second-order valence-corrected chi connectivity index (χ2v) is 3.44. The van der Waals surface area contributed by atoms with E-state index in [1.165, 1.54) is 18.3 Å². The van der Waals surface area contributed by atoms with Crippen LogP contribution in [0.3, 0.4) is 0 Å². The molecule has 6 nitrogen and oxygen atoms in total. The Morgan fingerprint density at radius 1 is 1.56 bits per heavy atom. The molecule has 1 unspecified atom stereocenters. The molecule has 1 aromatic rings. The second-order valence-electron chi connectivity index (χ2n) is 3.44. The first-order valence-electron chi connectivity index (χ1n) is 4.80. The third-order valence-electron chi connectivity index (χ3n) is 2.44. The molecule has 1 aromatic heterocycles. The second kappa shape index (κ2) is 4.78. The zero-order valence-corrected chi connectivity index (χ0v) is 9.76. The molecule has 6 heteroatoms. The maximum atomic E-state index is 10.9. The summed E-state index contributed by atoms with van der Waals surface area (Å²) in [5.41, 5.74) is 0.678. The Morgan fingerprint density at radius 3 is 2.69 bits per heavy atom. The van der Waals surface area contributed by atoms with Crippen molar-refractivity contribution in [2.75, 3.05) is 19.1 Å². The molecule has 0 aliphatic rings. The highest BCUT2D eigenvalue weighted by Gasteiger charge is 2.22. The number of anilines is 1. The lowest BCUT2D eigenvalue weighted by Crippen LogP contribution is -2.36. The summed E-state index contributed by atoms with van der Waals surface area (Å²) in [6.07, 6.45) is 1.39. The summed E-state index contributed by atoms with van der Waals surface area (Å²) in [6, 6.07) is -0.678. The molecule has 16 heavy (non-hydrogen) atoms. The van der Waals surface area contributed by atoms with Crippen molar-refractivity contribution in [2.24, 2.45) is 0 Å². The summed E-state index contributed by atoms with van der Waals surface area (Å²) < 4.78 is 5.17. The average Bonchev–Trinajstić information content (AvgIpc) is 2.26. The number of hydrogen-bond donors (Lipinski definition) is 1. The Kier molecular flexibility index (Phi) is 3.65. The van der Waals surface area contributed by atoms with Gasteiger partial charge in [0, 0.05) is 7.05 Å². The van der Waals surface area contributed by atoms with Gasteiger partial charge in [-0.3, -0.25) is 0 Å². The van der Waals surface area contributed by atoms with Gasteiger partial charge in [-0.2, -0.15) is 0 Å². The minimum absolute atomic E-state index is 0.477. The number of hydrogen-bond acceptors (Lipinski definition) is 5. The van der Waals surface area contributed by atoms with Crippen LogP contribution in [-0.4, -0.2) is 41.2 Å². The number of likely N-dealkylation sites (N-methyl/N-ethyl adjacent to an activating group) is 1. The van der Waals surface area contributed by atoms with E-state index in [0.29, 0.717) is 17.3 Å². The van der Waals surface area contributed by atoms with Crippen molar-refractivity contribution in [3.8, 4) is 5.75 Å². The van der Waals surface area contributed by atoms with Crippen LogP contribution in [0.15, 0.2) is 6.33 Å². The van der Waals surface area contributed by atoms with Gasteiger partial charge in [-0.25, -0.2) is 14.8 Å². The van der Waals surface area contributed by atoms with Gasteiger partial charge in [0.05, 0.1) is 12.8 Å². The monoisotopic (exact) mass is 225 g/mol. The quantitative estimate of drug-likeness (QED) is 0.813. The first-order chi connectivity index (χ1) is 7.49. The van der Waals surface area contributed by atoms with Gasteiger partial charge in [-0.05, 0) is 13.8 Å². The van der Waals surface area contributed by atoms with E-state index in [9.17, 15) is 4.79 Å². The van der Waals surface area contributed by atoms with Gasteiger partial charge in [0.1, 0.15) is 12.4 Å². The summed E-state index contributed by atoms with van der Waals surface area (Å²) in [5.74, 6) is 0.0591. The number of aromatic nitrogens is 2. The summed E-state index contributed by atoms with van der Waals surface area (Å²) in [7, 11) is 3.16. The Hall–Kier alpha value is -1.85. The molecule has 0 aliphatic heterocycles. The molecule has 0 aliphatic carbocycles. The molecular formula is C10H15N3O3. The number of nitrogens with zero attached hydrogens (tertiary/aromatic N) is 3. The standard InChI is InChI=1S/C10H15N3O3/c1-6-8(16-4)9(12-5-11-6)13(3)7(2)10(14)15/h5,7H,1-4H3,(H,14,15). The fraction of sp³-hybridized carbons (Fsp3) is 0.500. The molecule has 1 rings (SSSR count). The number of methoxy groups -OCH3 is 1. The molecule has 0 saturated carbocycles. The van der Waals surface area contributed by atoms with Crippen molar-refractivity contribution in [3.63, 3.8) is 0 Å². The van der Waals surface area contributed by atoms with Crippen LogP contribution in [-0.2, 0) is 4.79 Å². The Labute approximate surface area is 93.9 Å². The first kappa shape index (κ1) is 12.2. The predicted octanol–water partition coefficient (Wildman–Crippen LogP) is 0.703. The largest absolute Gasteiger partial charge is 0.491 e. The van der Waals surface area contributed by atoms with Crippen LogP contribution in [0.5, 0.6) is 5.75 Å². The van der Waals surface area contributed by atoms with Gasteiger partial charge >= 0.3 is 5.97 Å². The average molecular weight is 225 g/mol. The lowest BCUT2D eigenvalue weighted by molar-refractivity contribution is -0.138. The van der Waals surface area contributed by atoms with Gasteiger partial charge in [-0.15, -0.1) is 0 Å². The number of carbonyl (C=O) groups is 1. The zero-order chi connectivity index (χ0) is 12.3. The van der Waals surface area contributed by atoms with E-state index in [1.807, 2.05) is 0 Å². The SMILES string of the molecule is COc1c(C)ncnc1N(C)C(C)C(=O)O. The van der Waals surface area contributed by atoms with Crippen LogP contribution >= 0.6 is 0 Å². The van der Waals surface area contributed by atoms with Gasteiger partial charge in [0.25, 0.3) is 0 Å². The predicted molar refractivity (Wildman–Crippen MR) is 58.8 cm³/mol. The fourth-order valence-corrected chi connectivity index (χ4v) is 1.29. The molecule has 0 spiro atoms. The number of ether oxygens (including phenoxy) is 1. The molecule has 0 aromatic carbocycles. The minimum atomic E-state index is -0.916. The number of carboxylic acid groups (broad SMARTS) is 1. The van der Waals surface area contributed by atoms with Crippen LogP contribution in [0.2, 0.25) is 0 Å². The third kappa shape index (κ3) is 2.21. The summed E-state index contributed by atoms with van der Waals surface area (Å²) in [4.78, 5) is 20.4. The van der Waals surface area contributed by atoms with Gasteiger partial charge in [0.2, 0.25) is 0 Å². The van der Waals surface area contributed by atoms with E-state index in [-0.39, 0.29) is 0 Å². The molecule has 0 radical (unpaired) electrons. The number of carboxylic acids is 1. The summed E-state index contributed by atoms with van der Waals surface area (Å²) >= 11 is 0. The Balaban J connectivity index is 3.12. The van der Waals surface area contributed by atoms with E-state index >= 15 is 0 Å².